The molecule has 4 aromatic rings. The smallest absolute Gasteiger partial charge is 0.411 e. The Morgan fingerprint density at radius 3 is 2.37 bits per heavy atom. The van der Waals surface area contributed by atoms with Gasteiger partial charge in [0.1, 0.15) is 5.82 Å². The minimum absolute atomic E-state index is 0.147. The molecule has 8 nitrogen and oxygen atoms in total. The van der Waals surface area contributed by atoms with Crippen LogP contribution in [0.1, 0.15) is 33.3 Å². The summed E-state index contributed by atoms with van der Waals surface area (Å²) in [7, 11) is 0. The molecule has 2 atom stereocenters. The van der Waals surface area contributed by atoms with Crippen molar-refractivity contribution in [3.05, 3.63) is 119 Å². The van der Waals surface area contributed by atoms with E-state index in [0.29, 0.717) is 11.3 Å². The number of furan rings is 1. The Bertz CT molecular complexity index is 1450. The second kappa shape index (κ2) is 10.6. The highest BCUT2D eigenvalue weighted by molar-refractivity contribution is 6.02. The zero-order valence-corrected chi connectivity index (χ0v) is 20.4. The zero-order chi connectivity index (χ0) is 26.6. The van der Waals surface area contributed by atoms with Gasteiger partial charge in [-0.2, -0.15) is 0 Å². The summed E-state index contributed by atoms with van der Waals surface area (Å²) in [6.45, 7) is 2.11. The van der Waals surface area contributed by atoms with Gasteiger partial charge in [-0.3, -0.25) is 14.5 Å². The van der Waals surface area contributed by atoms with Crippen LogP contribution in [0.4, 0.5) is 20.6 Å². The van der Waals surface area contributed by atoms with Crippen molar-refractivity contribution in [1.29, 1.82) is 0 Å². The topological polar surface area (TPSA) is 101 Å². The molecule has 1 fully saturated rings. The highest BCUT2D eigenvalue weighted by atomic mass is 19.1. The van der Waals surface area contributed by atoms with Crippen molar-refractivity contribution >= 4 is 29.3 Å². The second-order valence-electron chi connectivity index (χ2n) is 8.92. The summed E-state index contributed by atoms with van der Waals surface area (Å²) < 4.78 is 24.5. The molecule has 5 rings (SSSR count). The SMILES string of the molecule is Cc1ccc(CN2C(=O)O[C@H](c3ccc(NC(=O)c4ccco4)cc3)[C@@H]2C(=O)Nc2cccc(F)c2)cc1. The first-order valence-electron chi connectivity index (χ1n) is 11.9. The van der Waals surface area contributed by atoms with Gasteiger partial charge < -0.3 is 19.8 Å². The molecule has 0 unspecified atom stereocenters. The van der Waals surface area contributed by atoms with E-state index in [-0.39, 0.29) is 18.0 Å². The molecule has 0 bridgehead atoms. The Morgan fingerprint density at radius 2 is 1.68 bits per heavy atom. The number of ether oxygens (including phenoxy) is 1. The molecule has 1 aliphatic heterocycles. The van der Waals surface area contributed by atoms with Crippen LogP contribution in [-0.4, -0.2) is 28.8 Å². The predicted molar refractivity (Wildman–Crippen MR) is 138 cm³/mol. The number of nitrogens with one attached hydrogen (secondary N) is 2. The molecule has 9 heteroatoms. The van der Waals surface area contributed by atoms with Crippen LogP contribution in [0.15, 0.2) is 95.6 Å². The Morgan fingerprint density at radius 1 is 0.921 bits per heavy atom. The Hall–Kier alpha value is -4.92. The number of aryl methyl sites for hydroxylation is 1. The number of carbonyl (C=O) groups is 3. The van der Waals surface area contributed by atoms with Gasteiger partial charge in [0.2, 0.25) is 0 Å². The lowest BCUT2D eigenvalue weighted by atomic mass is 10.00. The van der Waals surface area contributed by atoms with Gasteiger partial charge in [0.05, 0.1) is 12.8 Å². The Labute approximate surface area is 218 Å². The third-order valence-electron chi connectivity index (χ3n) is 6.16. The minimum Gasteiger partial charge on any atom is -0.459 e. The van der Waals surface area contributed by atoms with Gasteiger partial charge in [0, 0.05) is 11.4 Å². The highest BCUT2D eigenvalue weighted by Crippen LogP contribution is 2.35. The maximum atomic E-state index is 13.7. The number of anilines is 2. The van der Waals surface area contributed by atoms with E-state index in [1.54, 1.807) is 42.5 Å². The van der Waals surface area contributed by atoms with E-state index in [1.807, 2.05) is 31.2 Å². The molecule has 0 saturated carbocycles. The van der Waals surface area contributed by atoms with E-state index < -0.39 is 35.9 Å². The number of amides is 3. The number of benzene rings is 3. The molecule has 38 heavy (non-hydrogen) atoms. The Kier molecular flexibility index (Phi) is 6.90. The summed E-state index contributed by atoms with van der Waals surface area (Å²) in [6, 6.07) is 21.9. The molecule has 0 aliphatic carbocycles. The third-order valence-corrected chi connectivity index (χ3v) is 6.16. The zero-order valence-electron chi connectivity index (χ0n) is 20.4. The summed E-state index contributed by atoms with van der Waals surface area (Å²) in [5.74, 6) is -1.26. The lowest BCUT2D eigenvalue weighted by Gasteiger charge is -2.24. The van der Waals surface area contributed by atoms with Crippen LogP contribution >= 0.6 is 0 Å². The van der Waals surface area contributed by atoms with Crippen LogP contribution in [0, 0.1) is 12.7 Å². The maximum absolute atomic E-state index is 13.7. The number of halogens is 1. The van der Waals surface area contributed by atoms with Gasteiger partial charge in [-0.25, -0.2) is 9.18 Å². The van der Waals surface area contributed by atoms with Crippen LogP contribution in [0.5, 0.6) is 0 Å². The lowest BCUT2D eigenvalue weighted by Crippen LogP contribution is -2.43. The number of carbonyl (C=O) groups excluding carboxylic acids is 3. The second-order valence-corrected chi connectivity index (χ2v) is 8.92. The predicted octanol–water partition coefficient (Wildman–Crippen LogP) is 5.68. The fourth-order valence-corrected chi connectivity index (χ4v) is 4.24. The number of hydrogen-bond acceptors (Lipinski definition) is 5. The average Bonchev–Trinajstić information content (AvgIpc) is 3.55. The molecule has 3 amide bonds. The number of rotatable bonds is 7. The monoisotopic (exact) mass is 513 g/mol. The van der Waals surface area contributed by atoms with Crippen LogP contribution < -0.4 is 10.6 Å². The molecule has 0 spiro atoms. The van der Waals surface area contributed by atoms with E-state index in [2.05, 4.69) is 10.6 Å². The molecule has 192 valence electrons. The summed E-state index contributed by atoms with van der Waals surface area (Å²) >= 11 is 0. The molecule has 0 radical (unpaired) electrons. The first-order valence-corrected chi connectivity index (χ1v) is 11.9. The lowest BCUT2D eigenvalue weighted by molar-refractivity contribution is -0.121. The van der Waals surface area contributed by atoms with Crippen molar-refractivity contribution in [3.8, 4) is 0 Å². The first kappa shape index (κ1) is 24.8. The normalized spacial score (nSPS) is 16.7. The number of cyclic esters (lactones) is 1. The summed E-state index contributed by atoms with van der Waals surface area (Å²) in [6.07, 6.45) is -0.175. The molecular formula is C29H24FN3O5. The van der Waals surface area contributed by atoms with Crippen LogP contribution in [-0.2, 0) is 16.1 Å². The summed E-state index contributed by atoms with van der Waals surface area (Å²) in [5.41, 5.74) is 3.21. The van der Waals surface area contributed by atoms with Crippen molar-refractivity contribution in [1.82, 2.24) is 4.90 Å². The van der Waals surface area contributed by atoms with E-state index in [1.165, 1.54) is 29.4 Å². The fraction of sp³-hybridized carbons (Fsp3) is 0.138. The number of nitrogens with zero attached hydrogens (tertiary/aromatic N) is 1. The van der Waals surface area contributed by atoms with E-state index >= 15 is 0 Å². The summed E-state index contributed by atoms with van der Waals surface area (Å²) in [4.78, 5) is 40.1. The van der Waals surface area contributed by atoms with Crippen molar-refractivity contribution in [3.63, 3.8) is 0 Å². The highest BCUT2D eigenvalue weighted by Gasteiger charge is 2.47. The molecule has 1 aliphatic rings. The standard InChI is InChI=1S/C29H24FN3O5/c1-18-7-9-19(10-8-18)17-33-25(28(35)32-23-5-2-4-21(30)16-23)26(38-29(33)36)20-11-13-22(14-12-20)31-27(34)24-6-3-15-37-24/h2-16,25-26H,17H2,1H3,(H,31,34)(H,32,35)/t25-,26-/m1/s1. The van der Waals surface area contributed by atoms with E-state index in [9.17, 15) is 18.8 Å². The van der Waals surface area contributed by atoms with Gasteiger partial charge in [-0.05, 0) is 60.5 Å². The van der Waals surface area contributed by atoms with E-state index in [4.69, 9.17) is 9.15 Å². The maximum Gasteiger partial charge on any atom is 0.411 e. The van der Waals surface area contributed by atoms with E-state index in [0.717, 1.165) is 11.1 Å². The largest absolute Gasteiger partial charge is 0.459 e. The fourth-order valence-electron chi connectivity index (χ4n) is 4.24. The minimum atomic E-state index is -1.03. The molecule has 2 heterocycles. The Balaban J connectivity index is 1.40. The van der Waals surface area contributed by atoms with Crippen molar-refractivity contribution in [2.45, 2.75) is 25.6 Å². The average molecular weight is 514 g/mol. The first-order chi connectivity index (χ1) is 18.4. The molecule has 1 aromatic heterocycles. The molecule has 3 aromatic carbocycles. The molecular weight excluding hydrogens is 489 g/mol. The quantitative estimate of drug-likeness (QED) is 0.331. The van der Waals surface area contributed by atoms with Crippen molar-refractivity contribution < 1.29 is 27.9 Å². The number of hydrogen-bond donors (Lipinski definition) is 2. The van der Waals surface area contributed by atoms with Crippen LogP contribution in [0.2, 0.25) is 0 Å². The molecule has 2 N–H and O–H groups in total. The van der Waals surface area contributed by atoms with Gasteiger partial charge >= 0.3 is 6.09 Å². The van der Waals surface area contributed by atoms with Crippen LogP contribution in [0.25, 0.3) is 0 Å². The molecule has 1 saturated heterocycles. The van der Waals surface area contributed by atoms with Crippen molar-refractivity contribution in [2.75, 3.05) is 10.6 Å². The van der Waals surface area contributed by atoms with Gasteiger partial charge in [-0.15, -0.1) is 0 Å². The van der Waals surface area contributed by atoms with Gasteiger partial charge in [0.25, 0.3) is 11.8 Å². The van der Waals surface area contributed by atoms with Gasteiger partial charge in [-0.1, -0.05) is 48.0 Å². The van der Waals surface area contributed by atoms with Crippen LogP contribution in [0.3, 0.4) is 0 Å². The van der Waals surface area contributed by atoms with Gasteiger partial charge in [0.15, 0.2) is 17.9 Å². The summed E-state index contributed by atoms with van der Waals surface area (Å²) in [5, 5.41) is 5.43. The third kappa shape index (κ3) is 5.41. The van der Waals surface area contributed by atoms with Crippen molar-refractivity contribution in [2.24, 2.45) is 0 Å².